The summed E-state index contributed by atoms with van der Waals surface area (Å²) in [5.74, 6) is 0. The first kappa shape index (κ1) is 69.2. The first-order valence-corrected chi connectivity index (χ1v) is 38.7. The second kappa shape index (κ2) is 24.9. The van der Waals surface area contributed by atoms with E-state index in [0.29, 0.717) is 0 Å². The van der Waals surface area contributed by atoms with Crippen LogP contribution >= 0.6 is 0 Å². The second-order valence-electron chi connectivity index (χ2n) is 36.7. The number of para-hydroxylation sites is 2. The van der Waals surface area contributed by atoms with E-state index in [1.165, 1.54) is 127 Å². The quantitative estimate of drug-likeness (QED) is 0.141. The molecule has 0 N–H and O–H groups in total. The van der Waals surface area contributed by atoms with E-state index in [1.807, 2.05) is 0 Å². The summed E-state index contributed by atoms with van der Waals surface area (Å²) in [5, 5.41) is 4.91. The van der Waals surface area contributed by atoms with Gasteiger partial charge in [0.1, 0.15) is 0 Å². The molecule has 5 heteroatoms. The van der Waals surface area contributed by atoms with Crippen LogP contribution in [0.4, 0.5) is 34.1 Å². The molecule has 0 atom stereocenters. The first-order valence-electron chi connectivity index (χ1n) is 38.7. The van der Waals surface area contributed by atoms with Gasteiger partial charge in [0, 0.05) is 72.4 Å². The molecule has 0 saturated carbocycles. The molecule has 13 aromatic carbocycles. The number of benzene rings is 13. The van der Waals surface area contributed by atoms with E-state index < -0.39 is 0 Å². The smallest absolute Gasteiger partial charge is 0.252 e. The third-order valence-electron chi connectivity index (χ3n) is 23.2. The van der Waals surface area contributed by atoms with Crippen molar-refractivity contribution < 1.29 is 0 Å². The summed E-state index contributed by atoms with van der Waals surface area (Å²) in [6.45, 7) is 42.3. The fourth-order valence-corrected chi connectivity index (χ4v) is 17.1. The van der Waals surface area contributed by atoms with E-state index in [2.05, 4.69) is 417 Å². The predicted molar refractivity (Wildman–Crippen MR) is 463 cm³/mol. The van der Waals surface area contributed by atoms with Crippen LogP contribution in [0, 0.1) is 0 Å². The Kier molecular flexibility index (Phi) is 16.1. The Morgan fingerprint density at radius 2 is 0.636 bits per heavy atom. The third kappa shape index (κ3) is 11.7. The fourth-order valence-electron chi connectivity index (χ4n) is 17.1. The van der Waals surface area contributed by atoms with Gasteiger partial charge in [0.15, 0.2) is 0 Å². The van der Waals surface area contributed by atoms with Gasteiger partial charge < -0.3 is 18.9 Å². The van der Waals surface area contributed by atoms with E-state index >= 15 is 0 Å². The van der Waals surface area contributed by atoms with E-state index in [0.717, 1.165) is 56.3 Å². The topological polar surface area (TPSA) is 16.3 Å². The lowest BCUT2D eigenvalue weighted by atomic mass is 9.33. The van der Waals surface area contributed by atoms with Crippen molar-refractivity contribution in [2.45, 2.75) is 157 Å². The van der Waals surface area contributed by atoms with Crippen LogP contribution in [0.25, 0.3) is 99.5 Å². The van der Waals surface area contributed by atoms with Crippen molar-refractivity contribution in [1.29, 1.82) is 0 Å². The van der Waals surface area contributed by atoms with Gasteiger partial charge in [-0.2, -0.15) is 0 Å². The number of fused-ring (bicyclic) bond motifs is 10. The molecule has 0 aliphatic carbocycles. The minimum atomic E-state index is -0.335. The van der Waals surface area contributed by atoms with Gasteiger partial charge in [0.2, 0.25) is 0 Å². The molecule has 17 rings (SSSR count). The van der Waals surface area contributed by atoms with E-state index in [1.54, 1.807) is 0 Å². The Morgan fingerprint density at radius 3 is 1.14 bits per heavy atom. The summed E-state index contributed by atoms with van der Waals surface area (Å²) in [5.41, 5.74) is 34.0. The average Bonchev–Trinajstić information content (AvgIpc) is 1.40. The number of hydrogen-bond acceptors (Lipinski definition) is 2. The van der Waals surface area contributed by atoms with Crippen LogP contribution in [0.5, 0.6) is 0 Å². The molecule has 0 unspecified atom stereocenters. The molecule has 0 fully saturated rings. The molecule has 2 aromatic heterocycles. The SMILES string of the molecule is CC(C)(C)c1cc(-c2ccc3c(c2)N(c2c(-c4ccccc4)cc(C(C)(C)C)cc2-c2ccccc2)c2cc(C(C)(C)C)cc4c2B3c2ccc(-n3c5ccc(C(C)(C)C)cc5c5cc(C(C)(C)C)ccc53)cc2N4c2c(-c3ccccc3)ccc3c2c2ccccc2n3-c2ccccc2)cc(C(C)(C)C)c1. The van der Waals surface area contributed by atoms with Crippen molar-refractivity contribution in [3.8, 4) is 55.9 Å². The molecule has 530 valence electrons. The second-order valence-corrected chi connectivity index (χ2v) is 36.7. The number of hydrogen-bond donors (Lipinski definition) is 0. The number of aromatic nitrogens is 2. The highest BCUT2D eigenvalue weighted by atomic mass is 15.2. The minimum absolute atomic E-state index is 0.0591. The summed E-state index contributed by atoms with van der Waals surface area (Å²) < 4.78 is 5.07. The molecule has 4 heterocycles. The van der Waals surface area contributed by atoms with Crippen LogP contribution in [0.2, 0.25) is 0 Å². The first-order chi connectivity index (χ1) is 50.9. The summed E-state index contributed by atoms with van der Waals surface area (Å²) >= 11 is 0. The van der Waals surface area contributed by atoms with Crippen LogP contribution in [0.15, 0.2) is 273 Å². The van der Waals surface area contributed by atoms with Gasteiger partial charge in [0.25, 0.3) is 6.71 Å². The van der Waals surface area contributed by atoms with Crippen LogP contribution in [0.1, 0.15) is 158 Å². The zero-order chi connectivity index (χ0) is 74.8. The fraction of sp³-hybridized carbons (Fsp3) is 0.235. The van der Waals surface area contributed by atoms with Crippen molar-refractivity contribution in [1.82, 2.24) is 9.13 Å². The normalized spacial score (nSPS) is 13.5. The molecule has 0 amide bonds. The maximum atomic E-state index is 2.77. The number of anilines is 6. The monoisotopic (exact) mass is 1390 g/mol. The lowest BCUT2D eigenvalue weighted by Gasteiger charge is -2.46. The highest BCUT2D eigenvalue weighted by Gasteiger charge is 2.47. The summed E-state index contributed by atoms with van der Waals surface area (Å²) in [6, 6.07) is 106. The highest BCUT2D eigenvalue weighted by Crippen LogP contribution is 2.56. The van der Waals surface area contributed by atoms with Crippen LogP contribution in [-0.4, -0.2) is 15.8 Å². The molecule has 4 nitrogen and oxygen atoms in total. The minimum Gasteiger partial charge on any atom is -0.310 e. The molecular weight excluding hydrogens is 1290 g/mol. The molecule has 0 spiro atoms. The Labute approximate surface area is 635 Å². The van der Waals surface area contributed by atoms with Gasteiger partial charge in [-0.05, 0) is 201 Å². The van der Waals surface area contributed by atoms with Crippen LogP contribution < -0.4 is 26.2 Å². The van der Waals surface area contributed by atoms with E-state index in [-0.39, 0.29) is 39.2 Å². The van der Waals surface area contributed by atoms with Gasteiger partial charge in [-0.1, -0.05) is 307 Å². The molecule has 15 aromatic rings. The molecule has 0 radical (unpaired) electrons. The molecule has 2 aliphatic heterocycles. The largest absolute Gasteiger partial charge is 0.310 e. The van der Waals surface area contributed by atoms with Gasteiger partial charge in [-0.3, -0.25) is 0 Å². The summed E-state index contributed by atoms with van der Waals surface area (Å²) in [4.78, 5) is 5.52. The number of nitrogens with zero attached hydrogens (tertiary/aromatic N) is 4. The van der Waals surface area contributed by atoms with E-state index in [4.69, 9.17) is 0 Å². The Bertz CT molecular complexity index is 5880. The summed E-state index contributed by atoms with van der Waals surface area (Å²) in [7, 11) is 0. The number of rotatable bonds is 8. The molecule has 107 heavy (non-hydrogen) atoms. The van der Waals surface area contributed by atoms with Crippen molar-refractivity contribution in [2.75, 3.05) is 9.80 Å². The van der Waals surface area contributed by atoms with Gasteiger partial charge >= 0.3 is 0 Å². The standard InChI is InChI=1S/C102H99BN4/c1-97(2,3)69-44-50-86-81(57-69)82-58-70(98(4,5)6)45-51-87(82)105(86)76-46-49-84-90(63-76)107(96-77(64-33-23-19-24-34-64)47-52-88-93(96)78-41-31-32-42-85(78)104(88)75-39-29-22-30-40-75)92-62-74(102(16,17)18)61-91-94(92)103(84)83-48-43-67(68-53-71(99(7,8)9)56-72(54-68)100(10,11)12)55-89(83)106(91)95-79(65-35-25-20-26-36-65)59-73(101(13,14)15)60-80(95)66-37-27-21-28-38-66/h19-63H,1-18H3. The highest BCUT2D eigenvalue weighted by molar-refractivity contribution is 7.00. The Hall–Kier alpha value is -10.9. The van der Waals surface area contributed by atoms with Crippen molar-refractivity contribution in [2.24, 2.45) is 0 Å². The molecular formula is C102H99BN4. The predicted octanol–water partition coefficient (Wildman–Crippen LogP) is 26.4. The molecule has 0 bridgehead atoms. The maximum absolute atomic E-state index is 2.77. The average molecular weight is 1390 g/mol. The Balaban J connectivity index is 1.07. The van der Waals surface area contributed by atoms with Gasteiger partial charge in [0.05, 0.1) is 33.4 Å². The van der Waals surface area contributed by atoms with Crippen molar-refractivity contribution >= 4 is 101 Å². The summed E-state index contributed by atoms with van der Waals surface area (Å²) in [6.07, 6.45) is 0. The zero-order valence-electron chi connectivity index (χ0n) is 65.8. The third-order valence-corrected chi connectivity index (χ3v) is 23.2. The van der Waals surface area contributed by atoms with Crippen molar-refractivity contribution in [3.63, 3.8) is 0 Å². The zero-order valence-corrected chi connectivity index (χ0v) is 65.8. The van der Waals surface area contributed by atoms with Crippen LogP contribution in [-0.2, 0) is 32.5 Å². The molecule has 0 saturated heterocycles. The lowest BCUT2D eigenvalue weighted by molar-refractivity contribution is 0.569. The Morgan fingerprint density at radius 1 is 0.234 bits per heavy atom. The van der Waals surface area contributed by atoms with Gasteiger partial charge in [-0.25, -0.2) is 0 Å². The maximum Gasteiger partial charge on any atom is 0.252 e. The van der Waals surface area contributed by atoms with Crippen molar-refractivity contribution in [3.05, 3.63) is 306 Å². The van der Waals surface area contributed by atoms with Crippen LogP contribution in [0.3, 0.4) is 0 Å². The van der Waals surface area contributed by atoms with E-state index in [9.17, 15) is 0 Å². The lowest BCUT2D eigenvalue weighted by Crippen LogP contribution is -2.61. The molecule has 2 aliphatic rings. The van der Waals surface area contributed by atoms with Gasteiger partial charge in [-0.15, -0.1) is 0 Å².